The molecule has 0 spiro atoms. The number of morpholine rings is 1. The van der Waals surface area contributed by atoms with Gasteiger partial charge in [0.05, 0.1) is 21.5 Å². The first-order valence-corrected chi connectivity index (χ1v) is 10.4. The van der Waals surface area contributed by atoms with Crippen molar-refractivity contribution in [2.45, 2.75) is 42.3 Å². The molecular weight excluding hydrogens is 352 g/mol. The largest absolute Gasteiger partial charge is 0.370 e. The molecule has 1 atom stereocenters. The fourth-order valence-electron chi connectivity index (χ4n) is 2.73. The summed E-state index contributed by atoms with van der Waals surface area (Å²) >= 11 is 0. The molecule has 9 heteroatoms. The number of hydrogen-bond donors (Lipinski definition) is 0. The predicted molar refractivity (Wildman–Crippen MR) is 90.7 cm³/mol. The van der Waals surface area contributed by atoms with Crippen LogP contribution in [0.1, 0.15) is 20.8 Å². The van der Waals surface area contributed by atoms with E-state index >= 15 is 0 Å². The van der Waals surface area contributed by atoms with Gasteiger partial charge in [0.15, 0.2) is 0 Å². The third kappa shape index (κ3) is 3.80. The molecule has 0 radical (unpaired) electrons. The van der Waals surface area contributed by atoms with Crippen molar-refractivity contribution in [3.05, 3.63) is 24.3 Å². The lowest BCUT2D eigenvalue weighted by molar-refractivity contribution is -0.109. The molecule has 1 saturated heterocycles. The number of ether oxygens (including phenoxy) is 1. The van der Waals surface area contributed by atoms with Crippen LogP contribution in [0.3, 0.4) is 0 Å². The Bertz CT molecular complexity index is 816. The number of sulfonamides is 2. The van der Waals surface area contributed by atoms with Crippen LogP contribution in [-0.2, 0) is 24.8 Å². The van der Waals surface area contributed by atoms with Gasteiger partial charge in [0.2, 0.25) is 20.0 Å². The van der Waals surface area contributed by atoms with Crippen molar-refractivity contribution in [3.8, 4) is 0 Å². The van der Waals surface area contributed by atoms with Crippen molar-refractivity contribution < 1.29 is 21.6 Å². The molecule has 0 saturated carbocycles. The second-order valence-electron chi connectivity index (χ2n) is 6.75. The number of rotatable bonds is 4. The molecular formula is C15H24N2O5S2. The molecule has 1 aliphatic heterocycles. The Morgan fingerprint density at radius 3 is 2.29 bits per heavy atom. The minimum absolute atomic E-state index is 0.0321. The fraction of sp³-hybridized carbons (Fsp3) is 0.600. The van der Waals surface area contributed by atoms with Gasteiger partial charge in [-0.1, -0.05) is 6.07 Å². The topological polar surface area (TPSA) is 84.0 Å². The molecule has 24 heavy (non-hydrogen) atoms. The minimum Gasteiger partial charge on any atom is -0.370 e. The van der Waals surface area contributed by atoms with Crippen LogP contribution in [0.4, 0.5) is 0 Å². The maximum absolute atomic E-state index is 12.9. The highest BCUT2D eigenvalue weighted by molar-refractivity contribution is 7.90. The highest BCUT2D eigenvalue weighted by Gasteiger charge is 2.38. The molecule has 0 aliphatic carbocycles. The molecule has 2 rings (SSSR count). The number of nitrogens with zero attached hydrogens (tertiary/aromatic N) is 2. The van der Waals surface area contributed by atoms with Gasteiger partial charge in [0.25, 0.3) is 0 Å². The van der Waals surface area contributed by atoms with Crippen molar-refractivity contribution in [2.24, 2.45) is 0 Å². The third-order valence-corrected chi connectivity index (χ3v) is 7.38. The Hall–Kier alpha value is -1.00. The summed E-state index contributed by atoms with van der Waals surface area (Å²) in [6.07, 6.45) is -0.239. The molecule has 0 bridgehead atoms. The van der Waals surface area contributed by atoms with Crippen molar-refractivity contribution in [2.75, 3.05) is 27.2 Å². The van der Waals surface area contributed by atoms with E-state index in [2.05, 4.69) is 0 Å². The van der Waals surface area contributed by atoms with Crippen molar-refractivity contribution in [1.82, 2.24) is 8.61 Å². The average molecular weight is 377 g/mol. The first kappa shape index (κ1) is 19.3. The Kier molecular flexibility index (Phi) is 5.14. The van der Waals surface area contributed by atoms with E-state index in [9.17, 15) is 16.8 Å². The summed E-state index contributed by atoms with van der Waals surface area (Å²) < 4.78 is 58.5. The lowest BCUT2D eigenvalue weighted by Gasteiger charge is -2.40. The smallest absolute Gasteiger partial charge is 0.243 e. The van der Waals surface area contributed by atoms with Crippen LogP contribution in [0.5, 0.6) is 0 Å². The molecule has 1 aliphatic rings. The van der Waals surface area contributed by atoms with E-state index in [0.717, 1.165) is 4.31 Å². The van der Waals surface area contributed by atoms with Gasteiger partial charge in [-0.05, 0) is 39.0 Å². The van der Waals surface area contributed by atoms with Gasteiger partial charge in [-0.25, -0.2) is 21.1 Å². The zero-order chi connectivity index (χ0) is 18.3. The van der Waals surface area contributed by atoms with E-state index in [1.807, 2.05) is 20.8 Å². The van der Waals surface area contributed by atoms with Crippen LogP contribution in [0.15, 0.2) is 34.1 Å². The molecule has 1 heterocycles. The van der Waals surface area contributed by atoms with Crippen LogP contribution >= 0.6 is 0 Å². The zero-order valence-corrected chi connectivity index (χ0v) is 16.2. The van der Waals surface area contributed by atoms with E-state index < -0.39 is 25.6 Å². The second kappa shape index (κ2) is 6.38. The predicted octanol–water partition coefficient (Wildman–Crippen LogP) is 1.12. The van der Waals surface area contributed by atoms with Crippen molar-refractivity contribution in [3.63, 3.8) is 0 Å². The molecule has 0 aromatic heterocycles. The summed E-state index contributed by atoms with van der Waals surface area (Å²) in [7, 11) is -4.69. The van der Waals surface area contributed by atoms with Crippen LogP contribution in [0.25, 0.3) is 0 Å². The van der Waals surface area contributed by atoms with Gasteiger partial charge < -0.3 is 4.74 Å². The Balaban J connectivity index is 2.44. The molecule has 1 unspecified atom stereocenters. The zero-order valence-electron chi connectivity index (χ0n) is 14.6. The maximum atomic E-state index is 12.9. The summed E-state index contributed by atoms with van der Waals surface area (Å²) in [5.74, 6) is 0. The first-order valence-electron chi connectivity index (χ1n) is 7.57. The van der Waals surface area contributed by atoms with Crippen LogP contribution in [0, 0.1) is 0 Å². The van der Waals surface area contributed by atoms with E-state index in [-0.39, 0.29) is 29.0 Å². The molecule has 1 aromatic carbocycles. The summed E-state index contributed by atoms with van der Waals surface area (Å²) in [6, 6.07) is 5.45. The van der Waals surface area contributed by atoms with E-state index in [1.165, 1.54) is 42.7 Å². The van der Waals surface area contributed by atoms with Crippen LogP contribution in [-0.4, -0.2) is 64.3 Å². The van der Waals surface area contributed by atoms with Crippen molar-refractivity contribution >= 4 is 20.0 Å². The Labute approximate surface area is 144 Å². The lowest BCUT2D eigenvalue weighted by Crippen LogP contribution is -2.53. The summed E-state index contributed by atoms with van der Waals surface area (Å²) in [6.45, 7) is 5.92. The van der Waals surface area contributed by atoms with Gasteiger partial charge in [-0.15, -0.1) is 0 Å². The van der Waals surface area contributed by atoms with Gasteiger partial charge in [0, 0.05) is 27.2 Å². The summed E-state index contributed by atoms with van der Waals surface area (Å²) in [5, 5.41) is 0. The van der Waals surface area contributed by atoms with Crippen molar-refractivity contribution in [1.29, 1.82) is 0 Å². The summed E-state index contributed by atoms with van der Waals surface area (Å²) in [4.78, 5) is -0.0792. The third-order valence-electron chi connectivity index (χ3n) is 3.76. The Morgan fingerprint density at radius 2 is 1.75 bits per heavy atom. The van der Waals surface area contributed by atoms with Crippen LogP contribution < -0.4 is 0 Å². The first-order chi connectivity index (χ1) is 10.9. The monoisotopic (exact) mass is 376 g/mol. The molecule has 0 N–H and O–H groups in total. The number of hydrogen-bond acceptors (Lipinski definition) is 5. The molecule has 7 nitrogen and oxygen atoms in total. The average Bonchev–Trinajstić information content (AvgIpc) is 2.45. The standard InChI is InChI=1S/C15H24N2O5S2/c1-12-10-17(11-15(2,3)22-12)24(20,21)14-8-6-7-13(9-14)23(18,19)16(4)5/h6-9,12H,10-11H2,1-5H3. The van der Waals surface area contributed by atoms with E-state index in [4.69, 9.17) is 4.74 Å². The normalized spacial score (nSPS) is 22.7. The van der Waals surface area contributed by atoms with Gasteiger partial charge in [-0.2, -0.15) is 4.31 Å². The molecule has 0 amide bonds. The quantitative estimate of drug-likeness (QED) is 0.786. The highest BCUT2D eigenvalue weighted by Crippen LogP contribution is 2.27. The molecule has 1 fully saturated rings. The Morgan fingerprint density at radius 1 is 1.17 bits per heavy atom. The van der Waals surface area contributed by atoms with E-state index in [0.29, 0.717) is 0 Å². The second-order valence-corrected chi connectivity index (χ2v) is 10.8. The highest BCUT2D eigenvalue weighted by atomic mass is 32.2. The van der Waals surface area contributed by atoms with Gasteiger partial charge in [-0.3, -0.25) is 0 Å². The molecule has 1 aromatic rings. The molecule has 136 valence electrons. The number of benzene rings is 1. The fourth-order valence-corrected chi connectivity index (χ4v) is 5.47. The van der Waals surface area contributed by atoms with E-state index in [1.54, 1.807) is 0 Å². The lowest BCUT2D eigenvalue weighted by atomic mass is 10.1. The van der Waals surface area contributed by atoms with Gasteiger partial charge in [0.1, 0.15) is 0 Å². The minimum atomic E-state index is -3.80. The van der Waals surface area contributed by atoms with Gasteiger partial charge >= 0.3 is 0 Å². The summed E-state index contributed by atoms with van der Waals surface area (Å²) in [5.41, 5.74) is -0.599. The SMILES string of the molecule is CC1CN(S(=O)(=O)c2cccc(S(=O)(=O)N(C)C)c2)CC(C)(C)O1. The van der Waals surface area contributed by atoms with Crippen LogP contribution in [0.2, 0.25) is 0 Å². The maximum Gasteiger partial charge on any atom is 0.243 e.